The lowest BCUT2D eigenvalue weighted by molar-refractivity contribution is 0.327. The van der Waals surface area contributed by atoms with Crippen LogP contribution in [0.2, 0.25) is 0 Å². The molecule has 0 unspecified atom stereocenters. The van der Waals surface area contributed by atoms with Gasteiger partial charge in [0.05, 0.1) is 11.7 Å². The highest BCUT2D eigenvalue weighted by Gasteiger charge is 2.15. The van der Waals surface area contributed by atoms with Gasteiger partial charge in [0, 0.05) is 18.1 Å². The van der Waals surface area contributed by atoms with E-state index in [-0.39, 0.29) is 0 Å². The maximum absolute atomic E-state index is 4.67. The Bertz CT molecular complexity index is 318. The second kappa shape index (κ2) is 7.17. The van der Waals surface area contributed by atoms with Crippen molar-refractivity contribution in [2.24, 2.45) is 0 Å². The van der Waals surface area contributed by atoms with Crippen LogP contribution in [0.4, 0.5) is 0 Å². The molecule has 1 N–H and O–H groups in total. The summed E-state index contributed by atoms with van der Waals surface area (Å²) in [6, 6.07) is 2.80. The van der Waals surface area contributed by atoms with Gasteiger partial charge in [-0.25, -0.2) is 0 Å². The first-order valence-electron chi connectivity index (χ1n) is 6.71. The van der Waals surface area contributed by atoms with Crippen LogP contribution in [-0.2, 0) is 6.54 Å². The molecule has 2 rings (SSSR count). The smallest absolute Gasteiger partial charge is 0.0762 e. The number of nitrogens with zero attached hydrogens (tertiary/aromatic N) is 2. The van der Waals surface area contributed by atoms with Gasteiger partial charge >= 0.3 is 0 Å². The Hall–Kier alpha value is -0.350. The van der Waals surface area contributed by atoms with E-state index in [1.54, 1.807) is 0 Å². The zero-order chi connectivity index (χ0) is 11.9. The largest absolute Gasteiger partial charge is 0.311 e. The Morgan fingerprint density at radius 2 is 2.18 bits per heavy atom. The average Bonchev–Trinajstić information content (AvgIpc) is 2.85. The Kier molecular flexibility index (Phi) is 5.52. The molecule has 1 fully saturated rings. The summed E-state index contributed by atoms with van der Waals surface area (Å²) in [6.45, 7) is 1.95. The van der Waals surface area contributed by atoms with Crippen molar-refractivity contribution in [1.82, 2.24) is 15.1 Å². The summed E-state index contributed by atoms with van der Waals surface area (Å²) in [7, 11) is 0. The van der Waals surface area contributed by atoms with Gasteiger partial charge in [-0.15, -0.1) is 0 Å². The van der Waals surface area contributed by atoms with Gasteiger partial charge in [-0.1, -0.05) is 35.2 Å². The number of hydrogen-bond acceptors (Lipinski definition) is 2. The highest BCUT2D eigenvalue weighted by atomic mass is 79.9. The lowest BCUT2D eigenvalue weighted by atomic mass is 9.96. The Morgan fingerprint density at radius 1 is 1.35 bits per heavy atom. The van der Waals surface area contributed by atoms with Gasteiger partial charge in [0.15, 0.2) is 0 Å². The fourth-order valence-corrected chi connectivity index (χ4v) is 2.71. The first-order valence-corrected chi connectivity index (χ1v) is 7.83. The molecule has 0 bridgehead atoms. The normalized spacial score (nSPS) is 17.5. The van der Waals surface area contributed by atoms with Crippen LogP contribution in [0.15, 0.2) is 12.3 Å². The number of alkyl halides is 1. The zero-order valence-corrected chi connectivity index (χ0v) is 12.0. The standard InChI is InChI=1S/C13H22BrN3/c14-8-4-9-15-11-12-7-10-17(16-12)13-5-2-1-3-6-13/h7,10,13,15H,1-6,8-9,11H2. The Labute approximate surface area is 112 Å². The molecule has 4 heteroatoms. The summed E-state index contributed by atoms with van der Waals surface area (Å²) in [5.74, 6) is 0. The summed E-state index contributed by atoms with van der Waals surface area (Å²) >= 11 is 3.43. The van der Waals surface area contributed by atoms with Gasteiger partial charge < -0.3 is 5.32 Å². The van der Waals surface area contributed by atoms with Crippen LogP contribution in [0.25, 0.3) is 0 Å². The van der Waals surface area contributed by atoms with Crippen LogP contribution in [0.1, 0.15) is 50.3 Å². The van der Waals surface area contributed by atoms with Crippen LogP contribution < -0.4 is 5.32 Å². The van der Waals surface area contributed by atoms with Crippen LogP contribution >= 0.6 is 15.9 Å². The van der Waals surface area contributed by atoms with Crippen LogP contribution in [-0.4, -0.2) is 21.7 Å². The zero-order valence-electron chi connectivity index (χ0n) is 10.4. The summed E-state index contributed by atoms with van der Waals surface area (Å²) in [4.78, 5) is 0. The predicted octanol–water partition coefficient (Wildman–Crippen LogP) is 3.26. The molecule has 1 aliphatic carbocycles. The van der Waals surface area contributed by atoms with E-state index in [0.717, 1.165) is 18.4 Å². The molecule has 17 heavy (non-hydrogen) atoms. The van der Waals surface area contributed by atoms with Crippen molar-refractivity contribution in [3.63, 3.8) is 0 Å². The molecule has 0 aliphatic heterocycles. The van der Waals surface area contributed by atoms with E-state index in [9.17, 15) is 0 Å². The maximum atomic E-state index is 4.67. The van der Waals surface area contributed by atoms with Crippen molar-refractivity contribution in [3.8, 4) is 0 Å². The van der Waals surface area contributed by atoms with Gasteiger partial charge in [-0.2, -0.15) is 5.10 Å². The predicted molar refractivity (Wildman–Crippen MR) is 74.5 cm³/mol. The fraction of sp³-hybridized carbons (Fsp3) is 0.769. The molecular weight excluding hydrogens is 278 g/mol. The maximum Gasteiger partial charge on any atom is 0.0762 e. The number of nitrogens with one attached hydrogen (secondary N) is 1. The van der Waals surface area contributed by atoms with E-state index < -0.39 is 0 Å². The minimum atomic E-state index is 0.653. The summed E-state index contributed by atoms with van der Waals surface area (Å²) < 4.78 is 2.18. The molecule has 1 heterocycles. The second-order valence-corrected chi connectivity index (χ2v) is 5.59. The van der Waals surface area contributed by atoms with Gasteiger partial charge in [0.1, 0.15) is 0 Å². The van der Waals surface area contributed by atoms with Gasteiger partial charge in [-0.05, 0) is 31.9 Å². The second-order valence-electron chi connectivity index (χ2n) is 4.80. The molecule has 1 aromatic heterocycles. The molecule has 0 saturated heterocycles. The van der Waals surface area contributed by atoms with E-state index >= 15 is 0 Å². The molecule has 96 valence electrons. The molecular formula is C13H22BrN3. The first-order chi connectivity index (χ1) is 8.40. The minimum absolute atomic E-state index is 0.653. The topological polar surface area (TPSA) is 29.9 Å². The number of rotatable bonds is 6. The highest BCUT2D eigenvalue weighted by Crippen LogP contribution is 2.27. The van der Waals surface area contributed by atoms with E-state index in [2.05, 4.69) is 43.3 Å². The number of aromatic nitrogens is 2. The van der Waals surface area contributed by atoms with Crippen molar-refractivity contribution in [2.45, 2.75) is 51.1 Å². The monoisotopic (exact) mass is 299 g/mol. The quantitative estimate of drug-likeness (QED) is 0.645. The van der Waals surface area contributed by atoms with Crippen molar-refractivity contribution < 1.29 is 0 Å². The lowest BCUT2D eigenvalue weighted by Crippen LogP contribution is -2.17. The summed E-state index contributed by atoms with van der Waals surface area (Å²) in [6.07, 6.45) is 10.1. The third kappa shape index (κ3) is 4.11. The van der Waals surface area contributed by atoms with Gasteiger partial charge in [0.2, 0.25) is 0 Å². The third-order valence-corrected chi connectivity index (χ3v) is 3.97. The molecule has 0 amide bonds. The van der Waals surface area contributed by atoms with Crippen LogP contribution in [0.3, 0.4) is 0 Å². The van der Waals surface area contributed by atoms with E-state index in [1.807, 2.05) is 0 Å². The molecule has 1 aromatic rings. The van der Waals surface area contributed by atoms with E-state index in [1.165, 1.54) is 44.2 Å². The van der Waals surface area contributed by atoms with E-state index in [4.69, 9.17) is 0 Å². The summed E-state index contributed by atoms with van der Waals surface area (Å²) in [5, 5.41) is 9.15. The molecule has 1 aliphatic rings. The minimum Gasteiger partial charge on any atom is -0.311 e. The third-order valence-electron chi connectivity index (χ3n) is 3.41. The fourth-order valence-electron chi connectivity index (χ4n) is 2.43. The number of hydrogen-bond donors (Lipinski definition) is 1. The molecule has 0 aromatic carbocycles. The highest BCUT2D eigenvalue weighted by molar-refractivity contribution is 9.09. The van der Waals surface area contributed by atoms with Crippen molar-refractivity contribution >= 4 is 15.9 Å². The van der Waals surface area contributed by atoms with Gasteiger partial charge in [-0.3, -0.25) is 4.68 Å². The first kappa shape index (κ1) is 13.1. The molecule has 3 nitrogen and oxygen atoms in total. The Morgan fingerprint density at radius 3 is 2.94 bits per heavy atom. The lowest BCUT2D eigenvalue weighted by Gasteiger charge is -2.21. The molecule has 0 atom stereocenters. The molecule has 1 saturated carbocycles. The van der Waals surface area contributed by atoms with Crippen LogP contribution in [0, 0.1) is 0 Å². The van der Waals surface area contributed by atoms with E-state index in [0.29, 0.717) is 6.04 Å². The Balaban J connectivity index is 1.78. The van der Waals surface area contributed by atoms with Crippen LogP contribution in [0.5, 0.6) is 0 Å². The van der Waals surface area contributed by atoms with Crippen molar-refractivity contribution in [1.29, 1.82) is 0 Å². The van der Waals surface area contributed by atoms with Crippen molar-refractivity contribution in [2.75, 3.05) is 11.9 Å². The van der Waals surface area contributed by atoms with Gasteiger partial charge in [0.25, 0.3) is 0 Å². The van der Waals surface area contributed by atoms with Crippen molar-refractivity contribution in [3.05, 3.63) is 18.0 Å². The SMILES string of the molecule is BrCCCNCc1ccn(C2CCCCC2)n1. The average molecular weight is 300 g/mol. The summed E-state index contributed by atoms with van der Waals surface area (Å²) in [5.41, 5.74) is 1.17. The molecule has 0 spiro atoms. The molecule has 0 radical (unpaired) electrons. The number of halogens is 1.